The molecule has 0 unspecified atom stereocenters. The first-order valence-corrected chi connectivity index (χ1v) is 7.20. The van der Waals surface area contributed by atoms with Crippen molar-refractivity contribution in [2.24, 2.45) is 0 Å². The molecule has 0 aliphatic heterocycles. The number of thiocarbonyl (C=S) groups is 1. The minimum Gasteiger partial charge on any atom is -0.495 e. The molecular formula is C15H12F3N3O3S. The lowest BCUT2D eigenvalue weighted by atomic mass is 10.1. The fraction of sp³-hybridized carbons (Fsp3) is 0.133. The Hall–Kier alpha value is -2.88. The van der Waals surface area contributed by atoms with Gasteiger partial charge in [-0.25, -0.2) is 0 Å². The lowest BCUT2D eigenvalue weighted by molar-refractivity contribution is -0.385. The van der Waals surface area contributed by atoms with Crippen molar-refractivity contribution in [2.75, 3.05) is 17.7 Å². The molecule has 25 heavy (non-hydrogen) atoms. The molecule has 0 spiro atoms. The van der Waals surface area contributed by atoms with Crippen LogP contribution < -0.4 is 15.4 Å². The SMILES string of the molecule is COc1ccccc1NC(=S)Nc1ccc([N+](=O)[O-])cc1C(F)(F)F. The molecule has 0 aliphatic rings. The third-order valence-corrected chi connectivity index (χ3v) is 3.33. The number of methoxy groups -OCH3 is 1. The van der Waals surface area contributed by atoms with Crippen LogP contribution in [0.2, 0.25) is 0 Å². The first kappa shape index (κ1) is 18.5. The summed E-state index contributed by atoms with van der Waals surface area (Å²) in [5.74, 6) is 0.450. The summed E-state index contributed by atoms with van der Waals surface area (Å²) in [5, 5.41) is 15.7. The van der Waals surface area contributed by atoms with Gasteiger partial charge in [0, 0.05) is 12.1 Å². The quantitative estimate of drug-likeness (QED) is 0.470. The highest BCUT2D eigenvalue weighted by Crippen LogP contribution is 2.37. The highest BCUT2D eigenvalue weighted by atomic mass is 32.1. The highest BCUT2D eigenvalue weighted by Gasteiger charge is 2.35. The van der Waals surface area contributed by atoms with Gasteiger partial charge in [0.1, 0.15) is 5.75 Å². The van der Waals surface area contributed by atoms with Gasteiger partial charge in [-0.2, -0.15) is 13.2 Å². The Morgan fingerprint density at radius 3 is 2.40 bits per heavy atom. The zero-order chi connectivity index (χ0) is 18.6. The monoisotopic (exact) mass is 371 g/mol. The molecule has 132 valence electrons. The van der Waals surface area contributed by atoms with Gasteiger partial charge in [-0.1, -0.05) is 12.1 Å². The number of nitro benzene ring substituents is 1. The number of nitro groups is 1. The molecule has 2 N–H and O–H groups in total. The fourth-order valence-electron chi connectivity index (χ4n) is 2.01. The third-order valence-electron chi connectivity index (χ3n) is 3.12. The van der Waals surface area contributed by atoms with E-state index < -0.39 is 28.0 Å². The van der Waals surface area contributed by atoms with Gasteiger partial charge in [0.2, 0.25) is 0 Å². The standard InChI is InChI=1S/C15H12F3N3O3S/c1-24-13-5-3-2-4-12(13)20-14(25)19-11-7-6-9(21(22)23)8-10(11)15(16,17)18/h2-8H,1H3,(H2,19,20,25). The Kier molecular flexibility index (Phi) is 5.42. The molecule has 0 amide bonds. The average molecular weight is 371 g/mol. The van der Waals surface area contributed by atoms with Crippen LogP contribution in [-0.4, -0.2) is 17.1 Å². The van der Waals surface area contributed by atoms with Gasteiger partial charge in [-0.3, -0.25) is 10.1 Å². The topological polar surface area (TPSA) is 76.4 Å². The fourth-order valence-corrected chi connectivity index (χ4v) is 2.23. The second-order valence-corrected chi connectivity index (χ2v) is 5.17. The zero-order valence-electron chi connectivity index (χ0n) is 12.8. The second-order valence-electron chi connectivity index (χ2n) is 4.76. The molecule has 2 aromatic rings. The first-order chi connectivity index (χ1) is 11.7. The summed E-state index contributed by atoms with van der Waals surface area (Å²) >= 11 is 5.01. The largest absolute Gasteiger partial charge is 0.495 e. The number of non-ortho nitro benzene ring substituents is 1. The minimum atomic E-state index is -4.78. The molecule has 0 atom stereocenters. The van der Waals surface area contributed by atoms with Gasteiger partial charge in [-0.15, -0.1) is 0 Å². The zero-order valence-corrected chi connectivity index (χ0v) is 13.6. The number of hydrogen-bond acceptors (Lipinski definition) is 4. The van der Waals surface area contributed by atoms with E-state index in [1.165, 1.54) is 7.11 Å². The molecule has 0 fully saturated rings. The van der Waals surface area contributed by atoms with E-state index in [2.05, 4.69) is 10.6 Å². The van der Waals surface area contributed by atoms with Crippen molar-refractivity contribution in [1.29, 1.82) is 0 Å². The summed E-state index contributed by atoms with van der Waals surface area (Å²) < 4.78 is 44.5. The van der Waals surface area contributed by atoms with Crippen molar-refractivity contribution < 1.29 is 22.8 Å². The van der Waals surface area contributed by atoms with Crippen LogP contribution in [0.4, 0.5) is 30.2 Å². The summed E-state index contributed by atoms with van der Waals surface area (Å²) in [6.45, 7) is 0. The lowest BCUT2D eigenvalue weighted by Crippen LogP contribution is -2.22. The predicted octanol–water partition coefficient (Wildman–Crippen LogP) is 4.43. The van der Waals surface area contributed by atoms with Crippen LogP contribution in [0.15, 0.2) is 42.5 Å². The summed E-state index contributed by atoms with van der Waals surface area (Å²) in [6.07, 6.45) is -4.78. The van der Waals surface area contributed by atoms with Crippen LogP contribution in [0, 0.1) is 10.1 Å². The maximum atomic E-state index is 13.1. The van der Waals surface area contributed by atoms with E-state index in [4.69, 9.17) is 17.0 Å². The molecule has 0 aliphatic carbocycles. The molecule has 0 saturated heterocycles. The molecule has 2 aromatic carbocycles. The van der Waals surface area contributed by atoms with E-state index in [-0.39, 0.29) is 5.11 Å². The van der Waals surface area contributed by atoms with Crippen molar-refractivity contribution in [3.63, 3.8) is 0 Å². The van der Waals surface area contributed by atoms with Gasteiger partial charge >= 0.3 is 6.18 Å². The molecule has 0 radical (unpaired) electrons. The van der Waals surface area contributed by atoms with Crippen LogP contribution in [0.5, 0.6) is 5.75 Å². The predicted molar refractivity (Wildman–Crippen MR) is 90.9 cm³/mol. The molecular weight excluding hydrogens is 359 g/mol. The number of hydrogen-bond donors (Lipinski definition) is 2. The summed E-state index contributed by atoms with van der Waals surface area (Å²) in [7, 11) is 1.44. The van der Waals surface area contributed by atoms with Crippen LogP contribution in [0.3, 0.4) is 0 Å². The number of para-hydroxylation sites is 2. The second kappa shape index (κ2) is 7.34. The molecule has 0 heterocycles. The normalized spacial score (nSPS) is 10.9. The van der Waals surface area contributed by atoms with Crippen LogP contribution >= 0.6 is 12.2 Å². The van der Waals surface area contributed by atoms with E-state index in [0.29, 0.717) is 17.5 Å². The minimum absolute atomic E-state index is 0.121. The number of ether oxygens (including phenoxy) is 1. The lowest BCUT2D eigenvalue weighted by Gasteiger charge is -2.16. The molecule has 0 bridgehead atoms. The number of anilines is 2. The number of nitrogens with zero attached hydrogens (tertiary/aromatic N) is 1. The number of nitrogens with one attached hydrogen (secondary N) is 2. The van der Waals surface area contributed by atoms with E-state index in [9.17, 15) is 23.3 Å². The van der Waals surface area contributed by atoms with Crippen molar-refractivity contribution >= 4 is 34.4 Å². The number of alkyl halides is 3. The van der Waals surface area contributed by atoms with E-state index in [1.807, 2.05) is 0 Å². The Labute approximate surface area is 145 Å². The van der Waals surface area contributed by atoms with Crippen molar-refractivity contribution in [2.45, 2.75) is 6.18 Å². The van der Waals surface area contributed by atoms with Crippen LogP contribution in [-0.2, 0) is 6.18 Å². The maximum absolute atomic E-state index is 13.1. The van der Waals surface area contributed by atoms with Gasteiger partial charge in [0.25, 0.3) is 5.69 Å². The highest BCUT2D eigenvalue weighted by molar-refractivity contribution is 7.80. The summed E-state index contributed by atoms with van der Waals surface area (Å²) in [5.41, 5.74) is -1.80. The van der Waals surface area contributed by atoms with Gasteiger partial charge in [0.05, 0.1) is 29.0 Å². The molecule has 6 nitrogen and oxygen atoms in total. The Morgan fingerprint density at radius 2 is 1.80 bits per heavy atom. The van der Waals surface area contributed by atoms with Crippen molar-refractivity contribution in [1.82, 2.24) is 0 Å². The van der Waals surface area contributed by atoms with Crippen LogP contribution in [0.1, 0.15) is 5.56 Å². The summed E-state index contributed by atoms with van der Waals surface area (Å²) in [4.78, 5) is 9.79. The Bertz CT molecular complexity index is 812. The summed E-state index contributed by atoms with van der Waals surface area (Å²) in [6, 6.07) is 9.07. The first-order valence-electron chi connectivity index (χ1n) is 6.79. The average Bonchev–Trinajstić information content (AvgIpc) is 2.54. The van der Waals surface area contributed by atoms with Crippen molar-refractivity contribution in [3.8, 4) is 5.75 Å². The van der Waals surface area contributed by atoms with Gasteiger partial charge in [0.15, 0.2) is 5.11 Å². The Balaban J connectivity index is 2.27. The smallest absolute Gasteiger partial charge is 0.418 e. The van der Waals surface area contributed by atoms with Gasteiger partial charge in [-0.05, 0) is 30.4 Å². The number of rotatable bonds is 4. The molecule has 0 saturated carbocycles. The molecule has 0 aromatic heterocycles. The van der Waals surface area contributed by atoms with Crippen molar-refractivity contribution in [3.05, 3.63) is 58.1 Å². The third kappa shape index (κ3) is 4.57. The Morgan fingerprint density at radius 1 is 1.16 bits per heavy atom. The van der Waals surface area contributed by atoms with E-state index >= 15 is 0 Å². The van der Waals surface area contributed by atoms with E-state index in [1.54, 1.807) is 24.3 Å². The number of halogens is 3. The maximum Gasteiger partial charge on any atom is 0.418 e. The van der Waals surface area contributed by atoms with E-state index in [0.717, 1.165) is 12.1 Å². The molecule has 2 rings (SSSR count). The van der Waals surface area contributed by atoms with Gasteiger partial charge < -0.3 is 15.4 Å². The molecule has 10 heteroatoms. The number of benzene rings is 2. The van der Waals surface area contributed by atoms with Crippen LogP contribution in [0.25, 0.3) is 0 Å².